The molecule has 1 fully saturated rings. The molecule has 1 saturated heterocycles. The number of hydrogen-bond acceptors (Lipinski definition) is 3. The van der Waals surface area contributed by atoms with Crippen LogP contribution in [-0.2, 0) is 11.3 Å². The molecule has 2 atom stereocenters. The number of nitrogens with zero attached hydrogens (tertiary/aromatic N) is 2. The Morgan fingerprint density at radius 2 is 1.86 bits per heavy atom. The van der Waals surface area contributed by atoms with Crippen molar-refractivity contribution in [1.29, 1.82) is 0 Å². The lowest BCUT2D eigenvalue weighted by molar-refractivity contribution is -0.141. The van der Waals surface area contributed by atoms with E-state index in [9.17, 15) is 9.90 Å². The summed E-state index contributed by atoms with van der Waals surface area (Å²) in [4.78, 5) is 18.1. The minimum atomic E-state index is -0.735. The van der Waals surface area contributed by atoms with Gasteiger partial charge in [-0.25, -0.2) is 0 Å². The first-order valence-corrected chi connectivity index (χ1v) is 7.14. The maximum absolute atomic E-state index is 11.5. The summed E-state index contributed by atoms with van der Waals surface area (Å²) in [5.74, 6) is -1.16. The van der Waals surface area contributed by atoms with Gasteiger partial charge in [0.2, 0.25) is 0 Å². The maximum Gasteiger partial charge on any atom is 0.308 e. The van der Waals surface area contributed by atoms with Crippen LogP contribution < -0.4 is 0 Å². The number of benzene rings is 1. The topological polar surface area (TPSA) is 53.4 Å². The molecule has 1 N–H and O–H groups in total. The third-order valence-electron chi connectivity index (χ3n) is 4.03. The number of pyridine rings is 1. The number of likely N-dealkylation sites (tertiary alicyclic amines) is 1. The molecule has 0 aliphatic carbocycles. The number of carboxylic acid groups (broad SMARTS) is 1. The third kappa shape index (κ3) is 3.64. The van der Waals surface area contributed by atoms with Gasteiger partial charge in [-0.05, 0) is 17.7 Å². The molecular weight excluding hydrogens is 300 g/mol. The second-order valence-electron chi connectivity index (χ2n) is 5.49. The summed E-state index contributed by atoms with van der Waals surface area (Å²) in [6, 6.07) is 15.9. The fraction of sp³-hybridized carbons (Fsp3) is 0.294. The third-order valence-corrected chi connectivity index (χ3v) is 4.03. The Kier molecular flexibility index (Phi) is 5.52. The van der Waals surface area contributed by atoms with Gasteiger partial charge in [-0.15, -0.1) is 12.4 Å². The maximum atomic E-state index is 11.5. The van der Waals surface area contributed by atoms with Crippen molar-refractivity contribution < 1.29 is 9.90 Å². The molecule has 22 heavy (non-hydrogen) atoms. The van der Waals surface area contributed by atoms with Crippen molar-refractivity contribution in [3.8, 4) is 0 Å². The summed E-state index contributed by atoms with van der Waals surface area (Å²) in [6.07, 6.45) is 1.73. The number of aliphatic carboxylic acids is 1. The van der Waals surface area contributed by atoms with Gasteiger partial charge in [0, 0.05) is 37.4 Å². The molecule has 1 aromatic heterocycles. The van der Waals surface area contributed by atoms with E-state index >= 15 is 0 Å². The Morgan fingerprint density at radius 1 is 1.14 bits per heavy atom. The van der Waals surface area contributed by atoms with Crippen LogP contribution in [0, 0.1) is 5.92 Å². The summed E-state index contributed by atoms with van der Waals surface area (Å²) < 4.78 is 0. The van der Waals surface area contributed by atoms with E-state index in [1.165, 1.54) is 5.56 Å². The van der Waals surface area contributed by atoms with E-state index < -0.39 is 5.97 Å². The van der Waals surface area contributed by atoms with Crippen molar-refractivity contribution >= 4 is 18.4 Å². The lowest BCUT2D eigenvalue weighted by Gasteiger charge is -2.15. The molecule has 2 unspecified atom stereocenters. The second kappa shape index (κ2) is 7.38. The quantitative estimate of drug-likeness (QED) is 0.942. The zero-order valence-electron chi connectivity index (χ0n) is 12.1. The molecule has 4 nitrogen and oxygen atoms in total. The van der Waals surface area contributed by atoms with E-state index in [2.05, 4.69) is 22.0 Å². The van der Waals surface area contributed by atoms with E-state index in [1.54, 1.807) is 6.20 Å². The minimum absolute atomic E-state index is 0. The average molecular weight is 319 g/mol. The fourth-order valence-corrected chi connectivity index (χ4v) is 3.00. The van der Waals surface area contributed by atoms with Crippen LogP contribution in [0.3, 0.4) is 0 Å². The lowest BCUT2D eigenvalue weighted by atomic mass is 9.93. The van der Waals surface area contributed by atoms with E-state index in [4.69, 9.17) is 0 Å². The molecule has 0 spiro atoms. The molecule has 5 heteroatoms. The predicted octanol–water partition coefficient (Wildman–Crippen LogP) is 2.80. The van der Waals surface area contributed by atoms with Gasteiger partial charge in [0.25, 0.3) is 0 Å². The van der Waals surface area contributed by atoms with Crippen LogP contribution >= 0.6 is 12.4 Å². The van der Waals surface area contributed by atoms with Crippen LogP contribution in [0.25, 0.3) is 0 Å². The predicted molar refractivity (Wildman–Crippen MR) is 87.1 cm³/mol. The zero-order chi connectivity index (χ0) is 14.7. The zero-order valence-corrected chi connectivity index (χ0v) is 12.9. The monoisotopic (exact) mass is 318 g/mol. The van der Waals surface area contributed by atoms with Crippen LogP contribution in [0.15, 0.2) is 54.7 Å². The molecule has 0 bridgehead atoms. The Balaban J connectivity index is 0.00000176. The van der Waals surface area contributed by atoms with E-state index in [0.717, 1.165) is 18.8 Å². The number of aromatic nitrogens is 1. The minimum Gasteiger partial charge on any atom is -0.481 e. The molecule has 116 valence electrons. The molecule has 1 aliphatic heterocycles. The molecule has 0 amide bonds. The van der Waals surface area contributed by atoms with Gasteiger partial charge in [0.1, 0.15) is 0 Å². The van der Waals surface area contributed by atoms with E-state index in [0.29, 0.717) is 6.54 Å². The number of halogens is 1. The van der Waals surface area contributed by atoms with Crippen molar-refractivity contribution in [2.24, 2.45) is 5.92 Å². The molecule has 0 radical (unpaired) electrons. The molecule has 2 heterocycles. The molecule has 3 rings (SSSR count). The Labute approximate surface area is 136 Å². The molecule has 1 aliphatic rings. The first-order chi connectivity index (χ1) is 10.2. The van der Waals surface area contributed by atoms with Crippen LogP contribution in [0.2, 0.25) is 0 Å². The van der Waals surface area contributed by atoms with Crippen molar-refractivity contribution in [3.05, 3.63) is 66.0 Å². The average Bonchev–Trinajstić information content (AvgIpc) is 2.93. The lowest BCUT2D eigenvalue weighted by Crippen LogP contribution is -2.23. The van der Waals surface area contributed by atoms with Crippen LogP contribution in [0.5, 0.6) is 0 Å². The SMILES string of the molecule is Cl.O=C(O)C1CN(Cc2ccccc2)CC1c1ccccn1. The van der Waals surface area contributed by atoms with Gasteiger partial charge in [0.15, 0.2) is 0 Å². The Bertz CT molecular complexity index is 607. The molecule has 0 saturated carbocycles. The Morgan fingerprint density at radius 3 is 2.50 bits per heavy atom. The van der Waals surface area contributed by atoms with Gasteiger partial charge < -0.3 is 5.11 Å². The van der Waals surface area contributed by atoms with Crippen LogP contribution in [-0.4, -0.2) is 34.0 Å². The van der Waals surface area contributed by atoms with Crippen molar-refractivity contribution in [1.82, 2.24) is 9.88 Å². The molecular formula is C17H19ClN2O2. The number of hydrogen-bond donors (Lipinski definition) is 1. The summed E-state index contributed by atoms with van der Waals surface area (Å²) >= 11 is 0. The number of carbonyl (C=O) groups is 1. The highest BCUT2D eigenvalue weighted by molar-refractivity contribution is 5.85. The smallest absolute Gasteiger partial charge is 0.308 e. The second-order valence-corrected chi connectivity index (χ2v) is 5.49. The summed E-state index contributed by atoms with van der Waals surface area (Å²) in [5, 5.41) is 9.47. The highest BCUT2D eigenvalue weighted by Crippen LogP contribution is 2.32. The van der Waals surface area contributed by atoms with Crippen molar-refractivity contribution in [2.45, 2.75) is 12.5 Å². The van der Waals surface area contributed by atoms with Gasteiger partial charge in [-0.1, -0.05) is 36.4 Å². The van der Waals surface area contributed by atoms with Gasteiger partial charge in [-0.2, -0.15) is 0 Å². The van der Waals surface area contributed by atoms with Gasteiger partial charge in [-0.3, -0.25) is 14.7 Å². The van der Waals surface area contributed by atoms with Gasteiger partial charge >= 0.3 is 5.97 Å². The standard InChI is InChI=1S/C17H18N2O2.ClH/c20-17(21)15-12-19(10-13-6-2-1-3-7-13)11-14(15)16-8-4-5-9-18-16;/h1-9,14-15H,10-12H2,(H,20,21);1H. The van der Waals surface area contributed by atoms with Crippen LogP contribution in [0.4, 0.5) is 0 Å². The Hall–Kier alpha value is -1.91. The summed E-state index contributed by atoms with van der Waals surface area (Å²) in [5.41, 5.74) is 2.09. The van der Waals surface area contributed by atoms with Crippen LogP contribution in [0.1, 0.15) is 17.2 Å². The van der Waals surface area contributed by atoms with Gasteiger partial charge in [0.05, 0.1) is 5.92 Å². The highest BCUT2D eigenvalue weighted by Gasteiger charge is 2.39. The molecule has 2 aromatic rings. The van der Waals surface area contributed by atoms with Crippen molar-refractivity contribution in [2.75, 3.05) is 13.1 Å². The first-order valence-electron chi connectivity index (χ1n) is 7.14. The fourth-order valence-electron chi connectivity index (χ4n) is 3.00. The van der Waals surface area contributed by atoms with E-state index in [-0.39, 0.29) is 24.2 Å². The summed E-state index contributed by atoms with van der Waals surface area (Å²) in [6.45, 7) is 2.10. The number of carboxylic acids is 1. The highest BCUT2D eigenvalue weighted by atomic mass is 35.5. The van der Waals surface area contributed by atoms with E-state index in [1.807, 2.05) is 36.4 Å². The largest absolute Gasteiger partial charge is 0.481 e. The number of rotatable bonds is 4. The first kappa shape index (κ1) is 16.5. The normalized spacial score (nSPS) is 21.3. The molecule has 1 aromatic carbocycles. The summed E-state index contributed by atoms with van der Waals surface area (Å²) in [7, 11) is 0. The van der Waals surface area contributed by atoms with Crippen molar-refractivity contribution in [3.63, 3.8) is 0 Å².